The van der Waals surface area contributed by atoms with Gasteiger partial charge in [-0.3, -0.25) is 0 Å². The van der Waals surface area contributed by atoms with Crippen LogP contribution in [0.15, 0.2) is 119 Å². The Labute approximate surface area is 269 Å². The monoisotopic (exact) mass is 624 g/mol. The Bertz CT molecular complexity index is 1250. The molecule has 0 bridgehead atoms. The Morgan fingerprint density at radius 1 is 0.711 bits per heavy atom. The van der Waals surface area contributed by atoms with E-state index in [2.05, 4.69) is 4.74 Å². The Morgan fingerprint density at radius 2 is 1.18 bits per heavy atom. The fourth-order valence-corrected chi connectivity index (χ4v) is 3.97. The lowest BCUT2D eigenvalue weighted by atomic mass is 9.98. The maximum atomic E-state index is 11.4. The topological polar surface area (TPSA) is 126 Å². The summed E-state index contributed by atoms with van der Waals surface area (Å²) < 4.78 is 16.0. The van der Waals surface area contributed by atoms with E-state index in [1.54, 1.807) is 13.0 Å². The number of rotatable bonds is 15. The van der Waals surface area contributed by atoms with Crippen LogP contribution in [0.4, 0.5) is 0 Å². The molecule has 1 rings (SSSR count). The summed E-state index contributed by atoms with van der Waals surface area (Å²) in [7, 11) is 1.36. The summed E-state index contributed by atoms with van der Waals surface area (Å²) in [6, 6.07) is 0. The van der Waals surface area contributed by atoms with Gasteiger partial charge < -0.3 is 34.6 Å². The highest BCUT2D eigenvalue weighted by Gasteiger charge is 2.45. The van der Waals surface area contributed by atoms with Gasteiger partial charge in [-0.05, 0) is 54.9 Å². The molecule has 0 aromatic heterocycles. The van der Waals surface area contributed by atoms with Gasteiger partial charge in [0.15, 0.2) is 6.29 Å². The lowest BCUT2D eigenvalue weighted by Gasteiger charge is -2.42. The SMILES string of the molecule is COC(=O)/C(C)=C/C=C/C(C)=C/C=C/C(C)=C/C=C/C=C(C)/C=C/C=C(C)/C=C/CC(C)(C)O[C@@H]1O[C@H](CO)[C@@H](O)[C@H](O)[C@H]1O. The molecule has 0 radical (unpaired) electrons. The second kappa shape index (κ2) is 20.6. The number of methoxy groups -OCH3 is 1. The third kappa shape index (κ3) is 16.0. The first-order valence-electron chi connectivity index (χ1n) is 15.0. The standard InChI is InChI=1S/C37H52O8/c1-26(17-11-19-28(3)21-13-23-30(5)35(42)43-8)15-9-10-16-27(2)18-12-20-29(4)22-14-24-37(6,7)45-36-34(41)33(40)32(39)31(25-38)44-36/h9-23,31-34,36,38-41H,24-25H2,1-8H3/b10-9+,17-11+,18-12+,21-13+,22-14+,26-15+,27-16+,28-19+,29-20+,30-23+/t31-,32-,33+,34-,36+/m1/s1. The maximum Gasteiger partial charge on any atom is 0.333 e. The van der Waals surface area contributed by atoms with Crippen LogP contribution in [0.3, 0.4) is 0 Å². The molecule has 1 fully saturated rings. The van der Waals surface area contributed by atoms with Gasteiger partial charge in [-0.25, -0.2) is 4.79 Å². The van der Waals surface area contributed by atoms with Crippen molar-refractivity contribution in [3.8, 4) is 0 Å². The highest BCUT2D eigenvalue weighted by Crippen LogP contribution is 2.27. The van der Waals surface area contributed by atoms with Crippen molar-refractivity contribution in [1.82, 2.24) is 0 Å². The zero-order chi connectivity index (χ0) is 34.0. The van der Waals surface area contributed by atoms with Gasteiger partial charge in [0.05, 0.1) is 19.3 Å². The number of hydrogen-bond acceptors (Lipinski definition) is 8. The van der Waals surface area contributed by atoms with Crippen LogP contribution < -0.4 is 0 Å². The minimum atomic E-state index is -1.47. The Morgan fingerprint density at radius 3 is 1.67 bits per heavy atom. The van der Waals surface area contributed by atoms with Crippen LogP contribution in [0, 0.1) is 0 Å². The van der Waals surface area contributed by atoms with Crippen molar-refractivity contribution in [2.75, 3.05) is 13.7 Å². The Hall–Kier alpha value is -3.37. The van der Waals surface area contributed by atoms with E-state index in [-0.39, 0.29) is 5.97 Å². The quantitative estimate of drug-likeness (QED) is 0.105. The Kier molecular flexibility index (Phi) is 18.2. The van der Waals surface area contributed by atoms with Crippen molar-refractivity contribution in [3.63, 3.8) is 0 Å². The molecular formula is C37H52O8. The van der Waals surface area contributed by atoms with Crippen LogP contribution in [0.25, 0.3) is 0 Å². The Balaban J connectivity index is 2.59. The number of carbonyl (C=O) groups is 1. The fourth-order valence-electron chi connectivity index (χ4n) is 3.97. The molecule has 1 saturated heterocycles. The van der Waals surface area contributed by atoms with Gasteiger partial charge in [0.2, 0.25) is 0 Å². The molecule has 0 aromatic carbocycles. The molecule has 1 aliphatic rings. The molecule has 0 aliphatic carbocycles. The van der Waals surface area contributed by atoms with E-state index >= 15 is 0 Å². The smallest absolute Gasteiger partial charge is 0.333 e. The normalized spacial score (nSPS) is 25.2. The number of ether oxygens (including phenoxy) is 3. The number of aliphatic hydroxyl groups excluding tert-OH is 4. The van der Waals surface area contributed by atoms with E-state index in [4.69, 9.17) is 9.47 Å². The summed E-state index contributed by atoms with van der Waals surface area (Å²) in [6.07, 6.45) is 23.5. The number of esters is 1. The highest BCUT2D eigenvalue weighted by atomic mass is 16.7. The van der Waals surface area contributed by atoms with Gasteiger partial charge >= 0.3 is 5.97 Å². The van der Waals surface area contributed by atoms with Crippen molar-refractivity contribution in [1.29, 1.82) is 0 Å². The van der Waals surface area contributed by atoms with Crippen molar-refractivity contribution < 1.29 is 39.4 Å². The predicted molar refractivity (Wildman–Crippen MR) is 180 cm³/mol. The molecule has 5 atom stereocenters. The van der Waals surface area contributed by atoms with E-state index in [1.165, 1.54) is 7.11 Å². The summed E-state index contributed by atoms with van der Waals surface area (Å²) in [5, 5.41) is 39.5. The van der Waals surface area contributed by atoms with Crippen LogP contribution >= 0.6 is 0 Å². The van der Waals surface area contributed by atoms with E-state index < -0.39 is 42.9 Å². The summed E-state index contributed by atoms with van der Waals surface area (Å²) in [5.41, 5.74) is 4.11. The summed E-state index contributed by atoms with van der Waals surface area (Å²) in [6.45, 7) is 12.9. The van der Waals surface area contributed by atoms with Gasteiger partial charge in [-0.15, -0.1) is 0 Å². The van der Waals surface area contributed by atoms with Gasteiger partial charge in [0.25, 0.3) is 0 Å². The molecule has 0 amide bonds. The van der Waals surface area contributed by atoms with E-state index in [1.807, 2.05) is 127 Å². The molecule has 4 N–H and O–H groups in total. The van der Waals surface area contributed by atoms with E-state index in [9.17, 15) is 25.2 Å². The van der Waals surface area contributed by atoms with Crippen LogP contribution in [-0.2, 0) is 19.0 Å². The van der Waals surface area contributed by atoms with E-state index in [0.29, 0.717) is 12.0 Å². The summed E-state index contributed by atoms with van der Waals surface area (Å²) in [5.74, 6) is -0.337. The minimum Gasteiger partial charge on any atom is -0.466 e. The van der Waals surface area contributed by atoms with Crippen LogP contribution in [0.2, 0.25) is 0 Å². The van der Waals surface area contributed by atoms with Crippen molar-refractivity contribution in [2.24, 2.45) is 0 Å². The van der Waals surface area contributed by atoms with Gasteiger partial charge in [-0.2, -0.15) is 0 Å². The molecule has 0 saturated carbocycles. The molecular weight excluding hydrogens is 572 g/mol. The van der Waals surface area contributed by atoms with Crippen LogP contribution in [0.5, 0.6) is 0 Å². The third-order valence-corrected chi connectivity index (χ3v) is 6.75. The zero-order valence-corrected chi connectivity index (χ0v) is 27.9. The zero-order valence-electron chi connectivity index (χ0n) is 27.9. The first-order valence-corrected chi connectivity index (χ1v) is 15.0. The van der Waals surface area contributed by atoms with Gasteiger partial charge in [0.1, 0.15) is 24.4 Å². The molecule has 0 spiro atoms. The average molecular weight is 625 g/mol. The number of aliphatic hydroxyl groups is 4. The molecule has 8 nitrogen and oxygen atoms in total. The third-order valence-electron chi connectivity index (χ3n) is 6.75. The minimum absolute atomic E-state index is 0.337. The lowest BCUT2D eigenvalue weighted by molar-refractivity contribution is -0.322. The van der Waals surface area contributed by atoms with Crippen molar-refractivity contribution in [3.05, 3.63) is 119 Å². The first-order chi connectivity index (χ1) is 21.2. The largest absolute Gasteiger partial charge is 0.466 e. The number of allylic oxidation sites excluding steroid dienone is 18. The van der Waals surface area contributed by atoms with Crippen LogP contribution in [0.1, 0.15) is 54.9 Å². The number of carbonyl (C=O) groups excluding carboxylic acids is 1. The molecule has 248 valence electrons. The van der Waals surface area contributed by atoms with Gasteiger partial charge in [-0.1, -0.05) is 113 Å². The average Bonchev–Trinajstić information content (AvgIpc) is 2.98. The molecule has 0 aromatic rings. The molecule has 45 heavy (non-hydrogen) atoms. The second-order valence-corrected chi connectivity index (χ2v) is 11.6. The molecule has 0 unspecified atom stereocenters. The predicted octanol–water partition coefficient (Wildman–Crippen LogP) is 5.66. The highest BCUT2D eigenvalue weighted by molar-refractivity contribution is 5.87. The van der Waals surface area contributed by atoms with Gasteiger partial charge in [0, 0.05) is 5.57 Å². The van der Waals surface area contributed by atoms with Crippen molar-refractivity contribution in [2.45, 2.75) is 91.2 Å². The summed E-state index contributed by atoms with van der Waals surface area (Å²) in [4.78, 5) is 11.4. The molecule has 1 aliphatic heterocycles. The lowest BCUT2D eigenvalue weighted by Crippen LogP contribution is -2.60. The van der Waals surface area contributed by atoms with E-state index in [0.717, 1.165) is 22.3 Å². The van der Waals surface area contributed by atoms with Crippen LogP contribution in [-0.4, -0.2) is 76.4 Å². The first kappa shape index (κ1) is 39.7. The molecule has 8 heteroatoms. The second-order valence-electron chi connectivity index (χ2n) is 11.6. The van der Waals surface area contributed by atoms with Crippen molar-refractivity contribution >= 4 is 5.97 Å². The summed E-state index contributed by atoms with van der Waals surface area (Å²) >= 11 is 0. The number of hydrogen-bond donors (Lipinski definition) is 4. The fraction of sp³-hybridized carbons (Fsp3) is 0.432. The maximum absolute atomic E-state index is 11.4. The molecule has 1 heterocycles.